The molecule has 2 nitrogen and oxygen atoms in total. The van der Waals surface area contributed by atoms with Gasteiger partial charge in [0.15, 0.2) is 0 Å². The van der Waals surface area contributed by atoms with Gasteiger partial charge in [-0.25, -0.2) is 0 Å². The van der Waals surface area contributed by atoms with Gasteiger partial charge < -0.3 is 10.6 Å². The van der Waals surface area contributed by atoms with E-state index in [0.717, 1.165) is 18.4 Å². The van der Waals surface area contributed by atoms with Crippen LogP contribution in [0.25, 0.3) is 0 Å². The van der Waals surface area contributed by atoms with Crippen molar-refractivity contribution in [1.29, 1.82) is 0 Å². The quantitative estimate of drug-likeness (QED) is 0.795. The second-order valence-corrected chi connectivity index (χ2v) is 5.90. The highest BCUT2D eigenvalue weighted by Gasteiger charge is 2.31. The molecule has 1 aliphatic heterocycles. The Balaban J connectivity index is 1.76. The smallest absolute Gasteiger partial charge is 0.0167 e. The number of hydrogen-bond donors (Lipinski definition) is 1. The van der Waals surface area contributed by atoms with Crippen LogP contribution in [-0.4, -0.2) is 30.6 Å². The molecule has 0 spiro atoms. The van der Waals surface area contributed by atoms with Crippen molar-refractivity contribution in [3.05, 3.63) is 0 Å². The number of nitrogens with two attached hydrogens (primary N) is 1. The van der Waals surface area contributed by atoms with Crippen LogP contribution >= 0.6 is 0 Å². The minimum atomic E-state index is 0.408. The van der Waals surface area contributed by atoms with Crippen LogP contribution in [0, 0.1) is 11.8 Å². The Morgan fingerprint density at radius 3 is 2.69 bits per heavy atom. The van der Waals surface area contributed by atoms with E-state index in [2.05, 4.69) is 11.8 Å². The molecule has 0 aromatic rings. The summed E-state index contributed by atoms with van der Waals surface area (Å²) in [6.07, 6.45) is 9.77. The van der Waals surface area contributed by atoms with Gasteiger partial charge in [-0.3, -0.25) is 0 Å². The molecular formula is C14H28N2. The van der Waals surface area contributed by atoms with Gasteiger partial charge in [0.2, 0.25) is 0 Å². The lowest BCUT2D eigenvalue weighted by Crippen LogP contribution is -2.46. The van der Waals surface area contributed by atoms with Crippen molar-refractivity contribution in [2.24, 2.45) is 17.6 Å². The molecule has 3 atom stereocenters. The second-order valence-electron chi connectivity index (χ2n) is 5.90. The second kappa shape index (κ2) is 6.02. The minimum Gasteiger partial charge on any atom is -0.327 e. The zero-order valence-corrected chi connectivity index (χ0v) is 10.8. The topological polar surface area (TPSA) is 29.3 Å². The van der Waals surface area contributed by atoms with E-state index in [1.807, 2.05) is 0 Å². The van der Waals surface area contributed by atoms with Gasteiger partial charge >= 0.3 is 0 Å². The van der Waals surface area contributed by atoms with Crippen LogP contribution in [0.3, 0.4) is 0 Å². The lowest BCUT2D eigenvalue weighted by Gasteiger charge is -2.42. The van der Waals surface area contributed by atoms with E-state index in [-0.39, 0.29) is 0 Å². The normalized spacial score (nSPS) is 33.4. The van der Waals surface area contributed by atoms with Crippen molar-refractivity contribution < 1.29 is 0 Å². The van der Waals surface area contributed by atoms with Crippen molar-refractivity contribution in [3.8, 4) is 0 Å². The van der Waals surface area contributed by atoms with Crippen molar-refractivity contribution in [2.75, 3.05) is 19.6 Å². The molecule has 2 rings (SSSR count). The van der Waals surface area contributed by atoms with Gasteiger partial charge in [0, 0.05) is 19.1 Å². The first kappa shape index (κ1) is 12.4. The fraction of sp³-hybridized carbons (Fsp3) is 1.00. The fourth-order valence-corrected chi connectivity index (χ4v) is 3.64. The minimum absolute atomic E-state index is 0.408. The summed E-state index contributed by atoms with van der Waals surface area (Å²) in [5.41, 5.74) is 6.14. The molecule has 1 heterocycles. The molecule has 0 aromatic carbocycles. The summed E-state index contributed by atoms with van der Waals surface area (Å²) < 4.78 is 0. The van der Waals surface area contributed by atoms with Crippen LogP contribution in [0.15, 0.2) is 0 Å². The van der Waals surface area contributed by atoms with Gasteiger partial charge in [-0.2, -0.15) is 0 Å². The molecule has 1 aliphatic carbocycles. The van der Waals surface area contributed by atoms with Crippen molar-refractivity contribution in [3.63, 3.8) is 0 Å². The Bertz CT molecular complexity index is 205. The first-order valence-corrected chi connectivity index (χ1v) is 7.27. The molecule has 0 radical (unpaired) electrons. The van der Waals surface area contributed by atoms with E-state index < -0.39 is 0 Å². The number of hydrogen-bond acceptors (Lipinski definition) is 2. The Labute approximate surface area is 101 Å². The molecule has 2 N–H and O–H groups in total. The Hall–Kier alpha value is -0.0800. The van der Waals surface area contributed by atoms with Crippen LogP contribution in [0.1, 0.15) is 51.9 Å². The van der Waals surface area contributed by atoms with Gasteiger partial charge in [-0.05, 0) is 37.6 Å². The monoisotopic (exact) mass is 224 g/mol. The Kier molecular flexibility index (Phi) is 4.66. The third kappa shape index (κ3) is 3.21. The number of nitrogens with zero attached hydrogens (tertiary/aromatic N) is 1. The Morgan fingerprint density at radius 2 is 1.94 bits per heavy atom. The highest BCUT2D eigenvalue weighted by Crippen LogP contribution is 2.35. The molecular weight excluding hydrogens is 196 g/mol. The predicted molar refractivity (Wildman–Crippen MR) is 69.4 cm³/mol. The zero-order chi connectivity index (χ0) is 11.4. The SMILES string of the molecule is CCC[C@H](N)CN1CC[C@H]2CCCC[C@H]2C1. The fourth-order valence-electron chi connectivity index (χ4n) is 3.64. The number of fused-ring (bicyclic) bond motifs is 1. The van der Waals surface area contributed by atoms with Crippen LogP contribution in [-0.2, 0) is 0 Å². The van der Waals surface area contributed by atoms with E-state index in [1.165, 1.54) is 58.0 Å². The molecule has 0 unspecified atom stereocenters. The van der Waals surface area contributed by atoms with Crippen molar-refractivity contribution >= 4 is 0 Å². The third-order valence-electron chi connectivity index (χ3n) is 4.53. The van der Waals surface area contributed by atoms with Gasteiger partial charge in [0.1, 0.15) is 0 Å². The molecule has 1 saturated carbocycles. The average Bonchev–Trinajstić information content (AvgIpc) is 2.29. The van der Waals surface area contributed by atoms with E-state index in [1.54, 1.807) is 0 Å². The van der Waals surface area contributed by atoms with Gasteiger partial charge in [-0.1, -0.05) is 32.6 Å². The molecule has 2 aliphatic rings. The Morgan fingerprint density at radius 1 is 1.19 bits per heavy atom. The summed E-state index contributed by atoms with van der Waals surface area (Å²) in [5.74, 6) is 2.05. The van der Waals surface area contributed by atoms with Gasteiger partial charge in [-0.15, -0.1) is 0 Å². The van der Waals surface area contributed by atoms with Crippen LogP contribution in [0.5, 0.6) is 0 Å². The summed E-state index contributed by atoms with van der Waals surface area (Å²) in [7, 11) is 0. The largest absolute Gasteiger partial charge is 0.327 e. The first-order valence-electron chi connectivity index (χ1n) is 7.27. The maximum Gasteiger partial charge on any atom is 0.0167 e. The molecule has 94 valence electrons. The van der Waals surface area contributed by atoms with E-state index in [4.69, 9.17) is 5.73 Å². The zero-order valence-electron chi connectivity index (χ0n) is 10.8. The van der Waals surface area contributed by atoms with Crippen LogP contribution < -0.4 is 5.73 Å². The van der Waals surface area contributed by atoms with E-state index in [0.29, 0.717) is 6.04 Å². The summed E-state index contributed by atoms with van der Waals surface area (Å²) in [4.78, 5) is 2.63. The molecule has 0 aromatic heterocycles. The van der Waals surface area contributed by atoms with Crippen LogP contribution in [0.2, 0.25) is 0 Å². The highest BCUT2D eigenvalue weighted by molar-refractivity contribution is 4.84. The van der Waals surface area contributed by atoms with Gasteiger partial charge in [0.05, 0.1) is 0 Å². The predicted octanol–water partition coefficient (Wildman–Crippen LogP) is 2.63. The first-order chi connectivity index (χ1) is 7.79. The maximum atomic E-state index is 6.14. The maximum absolute atomic E-state index is 6.14. The lowest BCUT2D eigenvalue weighted by atomic mass is 9.75. The molecule has 16 heavy (non-hydrogen) atoms. The van der Waals surface area contributed by atoms with Gasteiger partial charge in [0.25, 0.3) is 0 Å². The number of rotatable bonds is 4. The summed E-state index contributed by atoms with van der Waals surface area (Å²) in [6.45, 7) is 6.00. The van der Waals surface area contributed by atoms with Crippen LogP contribution in [0.4, 0.5) is 0 Å². The third-order valence-corrected chi connectivity index (χ3v) is 4.53. The van der Waals surface area contributed by atoms with Crippen molar-refractivity contribution in [1.82, 2.24) is 4.90 Å². The van der Waals surface area contributed by atoms with Crippen molar-refractivity contribution in [2.45, 2.75) is 57.9 Å². The molecule has 1 saturated heterocycles. The number of likely N-dealkylation sites (tertiary alicyclic amines) is 1. The standard InChI is InChI=1S/C14H28N2/c1-2-5-14(15)11-16-9-8-12-6-3-4-7-13(12)10-16/h12-14H,2-11,15H2,1H3/t12-,13+,14+/m1/s1. The molecule has 0 bridgehead atoms. The van der Waals surface area contributed by atoms with E-state index in [9.17, 15) is 0 Å². The summed E-state index contributed by atoms with van der Waals surface area (Å²) >= 11 is 0. The highest BCUT2D eigenvalue weighted by atomic mass is 15.1. The van der Waals surface area contributed by atoms with E-state index >= 15 is 0 Å². The summed E-state index contributed by atoms with van der Waals surface area (Å²) in [6, 6.07) is 0.408. The molecule has 2 heteroatoms. The molecule has 0 amide bonds. The average molecular weight is 224 g/mol. The molecule has 2 fully saturated rings. The summed E-state index contributed by atoms with van der Waals surface area (Å²) in [5, 5.41) is 0. The lowest BCUT2D eigenvalue weighted by molar-refractivity contribution is 0.0821. The number of piperidine rings is 1.